The van der Waals surface area contributed by atoms with Gasteiger partial charge in [-0.05, 0) is 91.5 Å². The lowest BCUT2D eigenvalue weighted by molar-refractivity contribution is 0.435. The largest absolute Gasteiger partial charge is 0.459 e. The molecule has 0 radical (unpaired) electrons. The van der Waals surface area contributed by atoms with E-state index in [2.05, 4.69) is 25.7 Å². The molecule has 1 aliphatic rings. The Morgan fingerprint density at radius 2 is 1.98 bits per heavy atom. The van der Waals surface area contributed by atoms with Gasteiger partial charge in [-0.1, -0.05) is 12.1 Å². The van der Waals surface area contributed by atoms with Gasteiger partial charge < -0.3 is 15.1 Å². The van der Waals surface area contributed by atoms with Crippen molar-refractivity contribution in [3.8, 4) is 11.3 Å². The number of furan rings is 1. The molecule has 1 fully saturated rings. The van der Waals surface area contributed by atoms with E-state index in [0.717, 1.165) is 56.7 Å². The molecule has 7 rings (SSSR count). The molecule has 0 aliphatic heterocycles. The van der Waals surface area contributed by atoms with Crippen LogP contribution in [0.1, 0.15) is 30.2 Å². The Bertz CT molecular complexity index is 1950. The highest BCUT2D eigenvalue weighted by atomic mass is 32.2. The molecule has 2 atom stereocenters. The number of anilines is 2. The van der Waals surface area contributed by atoms with E-state index < -0.39 is 10.8 Å². The minimum absolute atomic E-state index is 0.0886. The van der Waals surface area contributed by atoms with Crippen molar-refractivity contribution in [2.75, 3.05) is 23.9 Å². The van der Waals surface area contributed by atoms with E-state index in [1.807, 2.05) is 65.5 Å². The average molecular weight is 595 g/mol. The van der Waals surface area contributed by atoms with Crippen molar-refractivity contribution in [3.05, 3.63) is 102 Å². The molecular formula is C33H31FN6O2S. The third kappa shape index (κ3) is 6.21. The maximum Gasteiger partial charge on any atom is 0.141 e. The Balaban J connectivity index is 1.13. The van der Waals surface area contributed by atoms with Gasteiger partial charge in [-0.25, -0.2) is 14.4 Å². The summed E-state index contributed by atoms with van der Waals surface area (Å²) in [5.74, 6) is 3.17. The number of halogens is 1. The Morgan fingerprint density at radius 3 is 2.81 bits per heavy atom. The molecular weight excluding hydrogens is 563 g/mol. The van der Waals surface area contributed by atoms with Crippen LogP contribution in [0.25, 0.3) is 33.1 Å². The second-order valence-electron chi connectivity index (χ2n) is 11.1. The number of nitrogens with one attached hydrogen (secondary N) is 2. The van der Waals surface area contributed by atoms with Crippen molar-refractivity contribution >= 4 is 44.1 Å². The smallest absolute Gasteiger partial charge is 0.141 e. The van der Waals surface area contributed by atoms with Gasteiger partial charge in [-0.3, -0.25) is 8.89 Å². The molecule has 3 heterocycles. The van der Waals surface area contributed by atoms with Crippen LogP contribution in [0.4, 0.5) is 15.9 Å². The summed E-state index contributed by atoms with van der Waals surface area (Å²) in [7, 11) is -0.951. The number of hydrogen-bond acceptors (Lipinski definition) is 7. The second kappa shape index (κ2) is 11.7. The van der Waals surface area contributed by atoms with Gasteiger partial charge in [0.05, 0.1) is 29.8 Å². The number of aromatic nitrogens is 4. The topological polar surface area (TPSA) is 97.9 Å². The highest BCUT2D eigenvalue weighted by Crippen LogP contribution is 2.33. The van der Waals surface area contributed by atoms with Gasteiger partial charge >= 0.3 is 0 Å². The van der Waals surface area contributed by atoms with E-state index in [1.54, 1.807) is 18.6 Å². The minimum atomic E-state index is -0.951. The number of rotatable bonds is 11. The molecule has 3 aromatic carbocycles. The van der Waals surface area contributed by atoms with Gasteiger partial charge in [0, 0.05) is 44.8 Å². The zero-order valence-electron chi connectivity index (χ0n) is 23.7. The molecule has 3 aromatic heterocycles. The highest BCUT2D eigenvalue weighted by molar-refractivity contribution is 7.84. The highest BCUT2D eigenvalue weighted by Gasteiger charge is 2.25. The molecule has 8 nitrogen and oxygen atoms in total. The summed E-state index contributed by atoms with van der Waals surface area (Å²) in [6, 6.07) is 22.4. The van der Waals surface area contributed by atoms with Crippen LogP contribution in [0.15, 0.2) is 89.7 Å². The Hall–Kier alpha value is -4.41. The maximum absolute atomic E-state index is 13.7. The van der Waals surface area contributed by atoms with E-state index in [9.17, 15) is 8.60 Å². The fourth-order valence-electron chi connectivity index (χ4n) is 5.35. The first kappa shape index (κ1) is 27.4. The molecule has 218 valence electrons. The fourth-order valence-corrected chi connectivity index (χ4v) is 6.10. The van der Waals surface area contributed by atoms with Gasteiger partial charge in [0.1, 0.15) is 29.5 Å². The SMILES string of the molecule is CS(=O)CC(NCC1CC1)c1ccc(-c2ccc3ncnc(Nc4ccc5c(cnn5Cc5cccc(F)c5)c4)c3c2)o1. The van der Waals surface area contributed by atoms with E-state index in [-0.39, 0.29) is 11.9 Å². The molecule has 43 heavy (non-hydrogen) atoms. The first-order valence-corrected chi connectivity index (χ1v) is 16.1. The van der Waals surface area contributed by atoms with Crippen LogP contribution >= 0.6 is 0 Å². The Labute approximate surface area is 250 Å². The van der Waals surface area contributed by atoms with Crippen molar-refractivity contribution in [2.24, 2.45) is 5.92 Å². The monoisotopic (exact) mass is 594 g/mol. The number of nitrogens with zero attached hydrogens (tertiary/aromatic N) is 4. The molecule has 2 N–H and O–H groups in total. The molecule has 0 bridgehead atoms. The standard InChI is InChI=1S/C33H31FN6O2S/c1-43(41)19-29(35-16-21-5-6-21)32-12-11-31(42-32)23-7-9-28-27(15-23)33(37-20-36-28)39-26-8-10-30-24(14-26)17-38-40(30)18-22-3-2-4-25(34)13-22/h2-4,7-15,17,20-21,29,35H,5-6,16,18-19H2,1H3,(H,36,37,39). The van der Waals surface area contributed by atoms with Gasteiger partial charge in [-0.2, -0.15) is 5.10 Å². The summed E-state index contributed by atoms with van der Waals surface area (Å²) in [6.45, 7) is 1.40. The molecule has 6 aromatic rings. The van der Waals surface area contributed by atoms with Crippen LogP contribution in [-0.2, 0) is 17.3 Å². The van der Waals surface area contributed by atoms with Crippen LogP contribution < -0.4 is 10.6 Å². The fraction of sp³-hybridized carbons (Fsp3) is 0.242. The summed E-state index contributed by atoms with van der Waals surface area (Å²) in [6.07, 6.45) is 7.59. The quantitative estimate of drug-likeness (QED) is 0.175. The normalized spacial score (nSPS) is 14.7. The summed E-state index contributed by atoms with van der Waals surface area (Å²) >= 11 is 0. The van der Waals surface area contributed by atoms with Crippen molar-refractivity contribution in [1.82, 2.24) is 25.1 Å². The van der Waals surface area contributed by atoms with Crippen molar-refractivity contribution in [3.63, 3.8) is 0 Å². The zero-order valence-corrected chi connectivity index (χ0v) is 24.5. The molecule has 10 heteroatoms. The molecule has 0 amide bonds. The Kier molecular flexibility index (Phi) is 7.46. The summed E-state index contributed by atoms with van der Waals surface area (Å²) < 4.78 is 33.9. The summed E-state index contributed by atoms with van der Waals surface area (Å²) in [4.78, 5) is 9.01. The minimum Gasteiger partial charge on any atom is -0.459 e. The molecule has 1 aliphatic carbocycles. The lowest BCUT2D eigenvalue weighted by Gasteiger charge is -2.15. The lowest BCUT2D eigenvalue weighted by atomic mass is 10.1. The van der Waals surface area contributed by atoms with E-state index in [1.165, 1.54) is 25.0 Å². The third-order valence-electron chi connectivity index (χ3n) is 7.77. The molecule has 1 saturated carbocycles. The van der Waals surface area contributed by atoms with Crippen molar-refractivity contribution in [2.45, 2.75) is 25.4 Å². The van der Waals surface area contributed by atoms with E-state index >= 15 is 0 Å². The second-order valence-corrected chi connectivity index (χ2v) is 12.6. The Morgan fingerprint density at radius 1 is 1.07 bits per heavy atom. The zero-order chi connectivity index (χ0) is 29.3. The summed E-state index contributed by atoms with van der Waals surface area (Å²) in [5.41, 5.74) is 4.38. The van der Waals surface area contributed by atoms with E-state index in [4.69, 9.17) is 4.42 Å². The van der Waals surface area contributed by atoms with Crippen molar-refractivity contribution < 1.29 is 13.0 Å². The third-order valence-corrected chi connectivity index (χ3v) is 8.57. The number of benzene rings is 3. The summed E-state index contributed by atoms with van der Waals surface area (Å²) in [5, 5.41) is 13.3. The predicted octanol–water partition coefficient (Wildman–Crippen LogP) is 6.59. The van der Waals surface area contributed by atoms with Crippen LogP contribution in [0.5, 0.6) is 0 Å². The first-order chi connectivity index (χ1) is 21.0. The van der Waals surface area contributed by atoms with Gasteiger partial charge in [0.15, 0.2) is 0 Å². The predicted molar refractivity (Wildman–Crippen MR) is 168 cm³/mol. The van der Waals surface area contributed by atoms with Crippen LogP contribution in [0.2, 0.25) is 0 Å². The van der Waals surface area contributed by atoms with Gasteiger partial charge in [-0.15, -0.1) is 0 Å². The number of fused-ring (bicyclic) bond motifs is 2. The van der Waals surface area contributed by atoms with Gasteiger partial charge in [0.2, 0.25) is 0 Å². The van der Waals surface area contributed by atoms with Gasteiger partial charge in [0.25, 0.3) is 0 Å². The van der Waals surface area contributed by atoms with Crippen LogP contribution in [0, 0.1) is 11.7 Å². The van der Waals surface area contributed by atoms with E-state index in [0.29, 0.717) is 24.0 Å². The number of hydrogen-bond donors (Lipinski definition) is 2. The van der Waals surface area contributed by atoms with Crippen molar-refractivity contribution in [1.29, 1.82) is 0 Å². The molecule has 0 spiro atoms. The maximum atomic E-state index is 13.7. The molecule has 0 saturated heterocycles. The van der Waals surface area contributed by atoms with Crippen LogP contribution in [-0.4, -0.2) is 42.5 Å². The van der Waals surface area contributed by atoms with Crippen LogP contribution in [0.3, 0.4) is 0 Å². The lowest BCUT2D eigenvalue weighted by Crippen LogP contribution is -2.27. The first-order valence-electron chi connectivity index (χ1n) is 14.3. The molecule has 2 unspecified atom stereocenters. The average Bonchev–Trinajstić information content (AvgIpc) is 3.55.